The molecule has 10 nitrogen and oxygen atoms in total. The molecule has 1 aliphatic carbocycles. The van der Waals surface area contributed by atoms with E-state index in [4.69, 9.17) is 11.6 Å². The van der Waals surface area contributed by atoms with E-state index < -0.39 is 57.1 Å². The van der Waals surface area contributed by atoms with E-state index in [0.717, 1.165) is 18.5 Å². The van der Waals surface area contributed by atoms with Gasteiger partial charge in [0, 0.05) is 37.1 Å². The summed E-state index contributed by atoms with van der Waals surface area (Å²) in [5.41, 5.74) is -3.24. The lowest BCUT2D eigenvalue weighted by Crippen LogP contribution is -2.47. The zero-order chi connectivity index (χ0) is 31.7. The highest BCUT2D eigenvalue weighted by atomic mass is 35.5. The molecule has 1 aliphatic rings. The molecule has 1 amide bonds. The van der Waals surface area contributed by atoms with Gasteiger partial charge in [-0.1, -0.05) is 11.6 Å². The third-order valence-corrected chi connectivity index (χ3v) is 8.94. The molecule has 0 aliphatic heterocycles. The Kier molecular flexibility index (Phi) is 10.0. The van der Waals surface area contributed by atoms with Crippen LogP contribution >= 0.6 is 11.6 Å². The minimum atomic E-state index is -4.50. The number of aryl methyl sites for hydroxylation is 1. The van der Waals surface area contributed by atoms with E-state index in [2.05, 4.69) is 25.5 Å². The number of carbonyl (C=O) groups excluding carboxylic acids is 1. The van der Waals surface area contributed by atoms with Gasteiger partial charge in [0.05, 0.1) is 33.6 Å². The standard InChI is InChI=1S/C25H33ClF5N5O5S/c1-5-36-20(15-11-32-17(10-16(15)41-22(27)28)34-23(2,3)12-25(29,30)31)18(26)19(35-36)21(37)33-13-24(38)8-6-14(7-9-24)42(4,39)40/h10-11,14,22,38H,5-9,12-13H2,1-4H3,(H,32,34)(H,33,37)/t14-,24+. The van der Waals surface area contributed by atoms with Crippen molar-refractivity contribution in [3.05, 3.63) is 23.0 Å². The van der Waals surface area contributed by atoms with E-state index in [1.165, 1.54) is 18.5 Å². The Balaban J connectivity index is 1.87. The minimum Gasteiger partial charge on any atom is -0.434 e. The van der Waals surface area contributed by atoms with Crippen LogP contribution < -0.4 is 15.4 Å². The summed E-state index contributed by atoms with van der Waals surface area (Å²) >= 11 is 6.51. The number of aliphatic hydroxyl groups is 1. The summed E-state index contributed by atoms with van der Waals surface area (Å²) in [4.78, 5) is 17.1. The number of hydrogen-bond acceptors (Lipinski definition) is 8. The molecule has 2 aromatic rings. The highest BCUT2D eigenvalue weighted by Crippen LogP contribution is 2.39. The number of sulfone groups is 1. The van der Waals surface area contributed by atoms with E-state index in [0.29, 0.717) is 0 Å². The Bertz CT molecular complexity index is 1390. The first-order chi connectivity index (χ1) is 19.2. The summed E-state index contributed by atoms with van der Waals surface area (Å²) in [5.74, 6) is -1.41. The highest BCUT2D eigenvalue weighted by molar-refractivity contribution is 7.91. The fourth-order valence-electron chi connectivity index (χ4n) is 4.90. The molecule has 0 radical (unpaired) electrons. The van der Waals surface area contributed by atoms with Crippen molar-refractivity contribution >= 4 is 33.2 Å². The zero-order valence-electron chi connectivity index (χ0n) is 23.4. The van der Waals surface area contributed by atoms with Crippen LogP contribution in [0.3, 0.4) is 0 Å². The topological polar surface area (TPSA) is 135 Å². The molecule has 42 heavy (non-hydrogen) atoms. The number of rotatable bonds is 11. The molecule has 0 atom stereocenters. The molecule has 1 saturated carbocycles. The third-order valence-electron chi connectivity index (χ3n) is 6.90. The maximum atomic E-state index is 13.3. The van der Waals surface area contributed by atoms with Gasteiger partial charge >= 0.3 is 12.8 Å². The number of hydrogen-bond donors (Lipinski definition) is 3. The maximum absolute atomic E-state index is 13.3. The van der Waals surface area contributed by atoms with Crippen LogP contribution in [0, 0.1) is 0 Å². The largest absolute Gasteiger partial charge is 0.434 e. The van der Waals surface area contributed by atoms with Crippen LogP contribution in [0.4, 0.5) is 27.8 Å². The second kappa shape index (κ2) is 12.5. The van der Waals surface area contributed by atoms with E-state index >= 15 is 0 Å². The van der Waals surface area contributed by atoms with Gasteiger partial charge in [-0.25, -0.2) is 13.4 Å². The molecule has 0 aromatic carbocycles. The molecular weight excluding hydrogens is 613 g/mol. The first kappa shape index (κ1) is 33.8. The van der Waals surface area contributed by atoms with Crippen molar-refractivity contribution in [2.75, 3.05) is 18.1 Å². The van der Waals surface area contributed by atoms with Gasteiger partial charge in [-0.15, -0.1) is 0 Å². The lowest BCUT2D eigenvalue weighted by atomic mass is 9.84. The van der Waals surface area contributed by atoms with E-state index in [9.17, 15) is 40.3 Å². The summed E-state index contributed by atoms with van der Waals surface area (Å²) in [5, 5.41) is 19.4. The molecule has 3 N–H and O–H groups in total. The highest BCUT2D eigenvalue weighted by Gasteiger charge is 2.38. The van der Waals surface area contributed by atoms with Crippen LogP contribution in [0.25, 0.3) is 11.3 Å². The number of nitrogens with one attached hydrogen (secondary N) is 2. The van der Waals surface area contributed by atoms with Gasteiger partial charge in [0.2, 0.25) is 0 Å². The van der Waals surface area contributed by atoms with Crippen molar-refractivity contribution in [1.82, 2.24) is 20.1 Å². The van der Waals surface area contributed by atoms with Crippen molar-refractivity contribution < 1.29 is 45.0 Å². The number of amides is 1. The van der Waals surface area contributed by atoms with Crippen molar-refractivity contribution in [2.45, 2.75) is 88.6 Å². The second-order valence-corrected chi connectivity index (χ2v) is 13.7. The smallest absolute Gasteiger partial charge is 0.391 e. The number of anilines is 1. The van der Waals surface area contributed by atoms with Gasteiger partial charge in [-0.05, 0) is 46.5 Å². The first-order valence-corrected chi connectivity index (χ1v) is 15.3. The number of nitrogens with zero attached hydrogens (tertiary/aromatic N) is 3. The van der Waals surface area contributed by atoms with E-state index in [1.807, 2.05) is 0 Å². The van der Waals surface area contributed by atoms with Gasteiger partial charge in [0.25, 0.3) is 5.91 Å². The minimum absolute atomic E-state index is 0.000871. The van der Waals surface area contributed by atoms with E-state index in [-0.39, 0.29) is 66.6 Å². The Morgan fingerprint density at radius 2 is 1.90 bits per heavy atom. The van der Waals surface area contributed by atoms with Gasteiger partial charge in [-0.3, -0.25) is 9.48 Å². The number of alkyl halides is 5. The molecular formula is C25H33ClF5N5O5S. The van der Waals surface area contributed by atoms with Crippen LogP contribution in [-0.4, -0.2) is 76.2 Å². The summed E-state index contributed by atoms with van der Waals surface area (Å²) in [6.45, 7) is 0.805. The molecule has 0 unspecified atom stereocenters. The third kappa shape index (κ3) is 8.66. The number of aromatic nitrogens is 3. The molecule has 0 saturated heterocycles. The van der Waals surface area contributed by atoms with Crippen molar-refractivity contribution in [3.63, 3.8) is 0 Å². The number of ether oxygens (including phenoxy) is 1. The SMILES string of the molecule is CCn1nc(C(=O)NC[C@]2(O)CC[C@@H](S(C)(=O)=O)CC2)c(Cl)c1-c1cnc(NC(C)(C)CC(F)(F)F)cc1OC(F)F. The van der Waals surface area contributed by atoms with Crippen LogP contribution in [-0.2, 0) is 16.4 Å². The van der Waals surface area contributed by atoms with Gasteiger partial charge in [0.1, 0.15) is 21.4 Å². The Hall–Kier alpha value is -2.72. The van der Waals surface area contributed by atoms with Crippen molar-refractivity contribution in [2.24, 2.45) is 0 Å². The number of halogens is 6. The number of carbonyl (C=O) groups is 1. The molecule has 17 heteroatoms. The van der Waals surface area contributed by atoms with Crippen LogP contribution in [0.1, 0.15) is 63.4 Å². The Morgan fingerprint density at radius 1 is 1.29 bits per heavy atom. The normalized spacial score (nSPS) is 20.0. The molecule has 236 valence electrons. The monoisotopic (exact) mass is 645 g/mol. The predicted molar refractivity (Wildman–Crippen MR) is 146 cm³/mol. The average Bonchev–Trinajstić information content (AvgIpc) is 3.16. The lowest BCUT2D eigenvalue weighted by molar-refractivity contribution is -0.142. The van der Waals surface area contributed by atoms with Gasteiger partial charge in [0.15, 0.2) is 5.69 Å². The quantitative estimate of drug-likeness (QED) is 0.296. The van der Waals surface area contributed by atoms with Gasteiger partial charge in [-0.2, -0.15) is 27.1 Å². The molecule has 1 fully saturated rings. The fourth-order valence-corrected chi connectivity index (χ4v) is 6.32. The fraction of sp³-hybridized carbons (Fsp3) is 0.640. The van der Waals surface area contributed by atoms with Crippen LogP contribution in [0.2, 0.25) is 5.02 Å². The Labute approximate surface area is 244 Å². The second-order valence-electron chi connectivity index (χ2n) is 11.0. The first-order valence-electron chi connectivity index (χ1n) is 13.0. The summed E-state index contributed by atoms with van der Waals surface area (Å²) in [6, 6.07) is 1.01. The maximum Gasteiger partial charge on any atom is 0.391 e. The molecule has 0 spiro atoms. The molecule has 2 aromatic heterocycles. The van der Waals surface area contributed by atoms with Crippen LogP contribution in [0.5, 0.6) is 5.75 Å². The summed E-state index contributed by atoms with van der Waals surface area (Å²) < 4.78 is 95.0. The van der Waals surface area contributed by atoms with Gasteiger partial charge < -0.3 is 20.5 Å². The average molecular weight is 646 g/mol. The Morgan fingerprint density at radius 3 is 2.43 bits per heavy atom. The molecule has 3 rings (SSSR count). The van der Waals surface area contributed by atoms with Crippen LogP contribution in [0.15, 0.2) is 12.3 Å². The molecule has 0 bridgehead atoms. The van der Waals surface area contributed by atoms with E-state index in [1.54, 1.807) is 6.92 Å². The van der Waals surface area contributed by atoms with Crippen molar-refractivity contribution in [3.8, 4) is 17.0 Å². The summed E-state index contributed by atoms with van der Waals surface area (Å²) in [6.07, 6.45) is -2.75. The van der Waals surface area contributed by atoms with Crippen molar-refractivity contribution in [1.29, 1.82) is 0 Å². The lowest BCUT2D eigenvalue weighted by Gasteiger charge is -2.35. The summed E-state index contributed by atoms with van der Waals surface area (Å²) in [7, 11) is -3.26. The zero-order valence-corrected chi connectivity index (χ0v) is 24.9. The number of pyridine rings is 1. The predicted octanol–water partition coefficient (Wildman–Crippen LogP) is 4.81. The molecule has 2 heterocycles.